The summed E-state index contributed by atoms with van der Waals surface area (Å²) in [6, 6.07) is 7.51. The molecule has 2 fully saturated rings. The van der Waals surface area contributed by atoms with E-state index in [9.17, 15) is 9.18 Å². The molecule has 3 nitrogen and oxygen atoms in total. The van der Waals surface area contributed by atoms with Gasteiger partial charge in [0.15, 0.2) is 0 Å². The average molecular weight is 276 g/mol. The van der Waals surface area contributed by atoms with Crippen LogP contribution in [-0.2, 0) is 4.79 Å². The number of rotatable bonds is 1. The molecular formula is C16H21FN2O. The van der Waals surface area contributed by atoms with E-state index in [-0.39, 0.29) is 23.8 Å². The molecule has 4 heteroatoms. The summed E-state index contributed by atoms with van der Waals surface area (Å²) in [5.74, 6) is -0.00719. The van der Waals surface area contributed by atoms with Crippen molar-refractivity contribution < 1.29 is 9.18 Å². The maximum absolute atomic E-state index is 14.0. The minimum atomic E-state index is -0.148. The Morgan fingerprint density at radius 3 is 2.90 bits per heavy atom. The first-order valence-electron chi connectivity index (χ1n) is 7.42. The van der Waals surface area contributed by atoms with E-state index in [1.807, 2.05) is 12.1 Å². The van der Waals surface area contributed by atoms with Crippen LogP contribution in [0.2, 0.25) is 0 Å². The van der Waals surface area contributed by atoms with Crippen LogP contribution in [0, 0.1) is 5.82 Å². The van der Waals surface area contributed by atoms with Crippen LogP contribution in [0.5, 0.6) is 0 Å². The highest BCUT2D eigenvalue weighted by Crippen LogP contribution is 2.38. The van der Waals surface area contributed by atoms with Crippen molar-refractivity contribution >= 4 is 5.91 Å². The van der Waals surface area contributed by atoms with Crippen molar-refractivity contribution in [3.05, 3.63) is 35.6 Å². The van der Waals surface area contributed by atoms with E-state index >= 15 is 0 Å². The van der Waals surface area contributed by atoms with Gasteiger partial charge in [-0.05, 0) is 32.4 Å². The Kier molecular flexibility index (Phi) is 3.74. The molecule has 0 saturated carbocycles. The van der Waals surface area contributed by atoms with Gasteiger partial charge in [-0.2, -0.15) is 0 Å². The van der Waals surface area contributed by atoms with E-state index in [0.29, 0.717) is 12.5 Å². The molecule has 0 aromatic heterocycles. The van der Waals surface area contributed by atoms with Gasteiger partial charge in [0.1, 0.15) is 5.82 Å². The molecule has 0 spiro atoms. The van der Waals surface area contributed by atoms with Crippen molar-refractivity contribution in [2.75, 3.05) is 7.05 Å². The van der Waals surface area contributed by atoms with Gasteiger partial charge in [-0.3, -0.25) is 9.69 Å². The molecule has 3 atom stereocenters. The van der Waals surface area contributed by atoms with Crippen molar-refractivity contribution in [3.63, 3.8) is 0 Å². The third-order valence-corrected chi connectivity index (χ3v) is 4.72. The molecule has 2 aliphatic rings. The van der Waals surface area contributed by atoms with Crippen LogP contribution in [0.25, 0.3) is 0 Å². The molecule has 1 N–H and O–H groups in total. The molecule has 3 rings (SSSR count). The fourth-order valence-corrected chi connectivity index (χ4v) is 3.65. The van der Waals surface area contributed by atoms with E-state index in [1.165, 1.54) is 6.07 Å². The Labute approximate surface area is 119 Å². The molecule has 0 unspecified atom stereocenters. The first-order chi connectivity index (χ1) is 9.66. The van der Waals surface area contributed by atoms with Gasteiger partial charge in [-0.25, -0.2) is 4.39 Å². The first-order valence-corrected chi connectivity index (χ1v) is 7.42. The van der Waals surface area contributed by atoms with Gasteiger partial charge in [-0.15, -0.1) is 0 Å². The maximum atomic E-state index is 14.0. The monoisotopic (exact) mass is 276 g/mol. The van der Waals surface area contributed by atoms with Crippen molar-refractivity contribution in [3.8, 4) is 0 Å². The third kappa shape index (κ3) is 2.44. The summed E-state index contributed by atoms with van der Waals surface area (Å²) >= 11 is 0. The topological polar surface area (TPSA) is 32.3 Å². The van der Waals surface area contributed by atoms with Gasteiger partial charge in [-0.1, -0.05) is 24.6 Å². The molecule has 20 heavy (non-hydrogen) atoms. The lowest BCUT2D eigenvalue weighted by atomic mass is 9.97. The van der Waals surface area contributed by atoms with Crippen molar-refractivity contribution in [1.82, 2.24) is 10.2 Å². The van der Waals surface area contributed by atoms with E-state index in [2.05, 4.69) is 17.3 Å². The number of hydrogen-bond donors (Lipinski definition) is 1. The number of carbonyl (C=O) groups excluding carboxylic acids is 1. The lowest BCUT2D eigenvalue weighted by Gasteiger charge is -2.29. The number of fused-ring (bicyclic) bond motifs is 1. The third-order valence-electron chi connectivity index (χ3n) is 4.72. The number of benzene rings is 1. The molecule has 2 saturated heterocycles. The standard InChI is InChI=1S/C16H21FN2O/c1-19-14-8-4-5-9-16(20)18-13(14)10-15(19)11-6-2-3-7-12(11)17/h2-3,6-7,13-15H,4-5,8-10H2,1H3,(H,18,20)/t13-,14+,15+/m1/s1. The molecule has 108 valence electrons. The van der Waals surface area contributed by atoms with Gasteiger partial charge in [0, 0.05) is 30.1 Å². The molecule has 0 radical (unpaired) electrons. The lowest BCUT2D eigenvalue weighted by molar-refractivity contribution is -0.122. The van der Waals surface area contributed by atoms with Crippen molar-refractivity contribution in [2.24, 2.45) is 0 Å². The zero-order valence-corrected chi connectivity index (χ0v) is 11.8. The molecule has 1 amide bonds. The molecule has 2 heterocycles. The highest BCUT2D eigenvalue weighted by Gasteiger charge is 2.41. The highest BCUT2D eigenvalue weighted by molar-refractivity contribution is 5.76. The summed E-state index contributed by atoms with van der Waals surface area (Å²) < 4.78 is 14.0. The molecule has 1 aromatic rings. The number of carbonyl (C=O) groups is 1. The molecule has 0 aliphatic carbocycles. The van der Waals surface area contributed by atoms with Crippen LogP contribution in [0.1, 0.15) is 43.7 Å². The Balaban J connectivity index is 1.85. The summed E-state index contributed by atoms with van der Waals surface area (Å²) in [5.41, 5.74) is 0.746. The van der Waals surface area contributed by atoms with E-state index < -0.39 is 0 Å². The van der Waals surface area contributed by atoms with Crippen LogP contribution in [-0.4, -0.2) is 29.9 Å². The molecule has 1 aromatic carbocycles. The largest absolute Gasteiger partial charge is 0.352 e. The van der Waals surface area contributed by atoms with Gasteiger partial charge in [0.2, 0.25) is 5.91 Å². The van der Waals surface area contributed by atoms with Crippen molar-refractivity contribution in [2.45, 2.75) is 50.2 Å². The zero-order valence-electron chi connectivity index (χ0n) is 11.8. The minimum Gasteiger partial charge on any atom is -0.352 e. The Morgan fingerprint density at radius 2 is 2.10 bits per heavy atom. The quantitative estimate of drug-likeness (QED) is 0.855. The summed E-state index contributed by atoms with van der Waals surface area (Å²) in [7, 11) is 2.05. The normalized spacial score (nSPS) is 31.3. The van der Waals surface area contributed by atoms with Gasteiger partial charge in [0.25, 0.3) is 0 Å². The van der Waals surface area contributed by atoms with Crippen LogP contribution >= 0.6 is 0 Å². The van der Waals surface area contributed by atoms with Crippen LogP contribution in [0.15, 0.2) is 24.3 Å². The van der Waals surface area contributed by atoms with E-state index in [4.69, 9.17) is 0 Å². The molecule has 0 bridgehead atoms. The van der Waals surface area contributed by atoms with E-state index in [0.717, 1.165) is 31.2 Å². The molecule has 2 aliphatic heterocycles. The fraction of sp³-hybridized carbons (Fsp3) is 0.562. The van der Waals surface area contributed by atoms with Crippen molar-refractivity contribution in [1.29, 1.82) is 0 Å². The number of nitrogens with one attached hydrogen (secondary N) is 1. The number of nitrogens with zero attached hydrogens (tertiary/aromatic N) is 1. The first kappa shape index (κ1) is 13.6. The summed E-state index contributed by atoms with van der Waals surface area (Å²) in [5, 5.41) is 3.13. The van der Waals surface area contributed by atoms with Crippen LogP contribution < -0.4 is 5.32 Å². The maximum Gasteiger partial charge on any atom is 0.220 e. The lowest BCUT2D eigenvalue weighted by Crippen LogP contribution is -2.45. The van der Waals surface area contributed by atoms with Gasteiger partial charge in [0.05, 0.1) is 0 Å². The van der Waals surface area contributed by atoms with Crippen LogP contribution in [0.4, 0.5) is 4.39 Å². The summed E-state index contributed by atoms with van der Waals surface area (Å²) in [4.78, 5) is 14.0. The smallest absolute Gasteiger partial charge is 0.220 e. The number of likely N-dealkylation sites (tertiary alicyclic amines) is 1. The number of likely N-dealkylation sites (N-methyl/N-ethyl adjacent to an activating group) is 1. The van der Waals surface area contributed by atoms with Gasteiger partial charge < -0.3 is 5.32 Å². The number of amides is 1. The minimum absolute atomic E-state index is 0.0598. The Morgan fingerprint density at radius 1 is 1.30 bits per heavy atom. The zero-order chi connectivity index (χ0) is 14.1. The van der Waals surface area contributed by atoms with Crippen LogP contribution in [0.3, 0.4) is 0 Å². The second-order valence-corrected chi connectivity index (χ2v) is 5.93. The number of hydrogen-bond acceptors (Lipinski definition) is 2. The highest BCUT2D eigenvalue weighted by atomic mass is 19.1. The molecular weight excluding hydrogens is 255 g/mol. The Bertz CT molecular complexity index is 505. The average Bonchev–Trinajstić information content (AvgIpc) is 2.69. The summed E-state index contributed by atoms with van der Waals surface area (Å²) in [6.45, 7) is 0. The van der Waals surface area contributed by atoms with E-state index in [1.54, 1.807) is 6.07 Å². The predicted molar refractivity (Wildman–Crippen MR) is 75.7 cm³/mol. The van der Waals surface area contributed by atoms with Gasteiger partial charge >= 0.3 is 0 Å². The number of halogens is 1. The SMILES string of the molecule is CN1[C@H](c2ccccc2F)C[C@H]2NC(=O)CCCC[C@@H]21. The summed E-state index contributed by atoms with van der Waals surface area (Å²) in [6.07, 6.45) is 4.52. The second kappa shape index (κ2) is 5.52. The second-order valence-electron chi connectivity index (χ2n) is 5.93. The Hall–Kier alpha value is -1.42. The fourth-order valence-electron chi connectivity index (χ4n) is 3.65. The predicted octanol–water partition coefficient (Wildman–Crippen LogP) is 2.63.